The maximum Gasteiger partial charge on any atom is 0.443 e. The molecule has 129 heavy (non-hydrogen) atoms. The van der Waals surface area contributed by atoms with Crippen molar-refractivity contribution in [3.8, 4) is 0 Å². The van der Waals surface area contributed by atoms with Gasteiger partial charge in [0.1, 0.15) is 10.4 Å². The predicted octanol–water partition coefficient (Wildman–Crippen LogP) is 35.9. The zero-order valence-electron chi connectivity index (χ0n) is 68.6. The van der Waals surface area contributed by atoms with Crippen LogP contribution in [0, 0.1) is 69.2 Å². The van der Waals surface area contributed by atoms with Crippen LogP contribution in [0.4, 0.5) is 71.9 Å². The van der Waals surface area contributed by atoms with E-state index in [0.717, 1.165) is 58.1 Å². The fourth-order valence-electron chi connectivity index (χ4n) is 14.4. The van der Waals surface area contributed by atoms with Crippen molar-refractivity contribution < 1.29 is 70.3 Å². The molecule has 0 amide bonds. The van der Waals surface area contributed by atoms with Crippen molar-refractivity contribution in [2.45, 2.75) is 100 Å². The van der Waals surface area contributed by atoms with Crippen LogP contribution < -0.4 is 4.90 Å². The number of rotatable bonds is 1. The average molecular weight is 2040 g/mol. The summed E-state index contributed by atoms with van der Waals surface area (Å²) in [5.41, 5.74) is 10.5. The molecule has 24 aromatic rings. The molecular formula is C89H60F15N9OS15. The van der Waals surface area contributed by atoms with Crippen LogP contribution in [0.2, 0.25) is 0 Å². The Labute approximate surface area is 780 Å². The van der Waals surface area contributed by atoms with Gasteiger partial charge < -0.3 is 9.32 Å². The third-order valence-electron chi connectivity index (χ3n) is 19.7. The number of thiazole rings is 7. The normalized spacial score (nSPS) is 12.3. The highest BCUT2D eigenvalue weighted by atomic mass is 32.2. The largest absolute Gasteiger partial charge is 0.443 e. The van der Waals surface area contributed by atoms with E-state index in [9.17, 15) is 65.9 Å². The molecule has 0 saturated heterocycles. The van der Waals surface area contributed by atoms with E-state index in [2.05, 4.69) is 186 Å². The van der Waals surface area contributed by atoms with Gasteiger partial charge in [-0.15, -0.1) is 170 Å². The number of anilines is 1. The quantitative estimate of drug-likeness (QED) is 0.147. The van der Waals surface area contributed by atoms with Crippen LogP contribution in [-0.4, -0.2) is 54.0 Å². The molecule has 10 nitrogen and oxygen atoms in total. The number of fused-ring (bicyclic) bond motifs is 24. The maximum atomic E-state index is 13.1. The average Bonchev–Trinajstić information content (AvgIpc) is 1.56. The molecule has 8 aromatic carbocycles. The first-order valence-electron chi connectivity index (χ1n) is 38.2. The lowest BCUT2D eigenvalue weighted by Gasteiger charge is -2.07. The maximum absolute atomic E-state index is 13.1. The van der Waals surface area contributed by atoms with Gasteiger partial charge in [-0.1, -0.05) is 0 Å². The number of benzene rings is 8. The summed E-state index contributed by atoms with van der Waals surface area (Å²) in [5.74, 6) is 0. The molecule has 0 aliphatic heterocycles. The third-order valence-corrected chi connectivity index (χ3v) is 34.7. The minimum absolute atomic E-state index is 0.0466. The van der Waals surface area contributed by atoms with Crippen LogP contribution >= 0.6 is 170 Å². The van der Waals surface area contributed by atoms with Gasteiger partial charge in [-0.05, 0) is 223 Å². The fraction of sp³-hybridized carbons (Fsp3) is 0.191. The summed E-state index contributed by atoms with van der Waals surface area (Å²) >= 11 is 20.5. The van der Waals surface area contributed by atoms with Crippen molar-refractivity contribution in [3.63, 3.8) is 0 Å². The Kier molecular flexibility index (Phi) is 25.2. The predicted molar refractivity (Wildman–Crippen MR) is 521 cm³/mol. The third kappa shape index (κ3) is 18.8. The van der Waals surface area contributed by atoms with Crippen molar-refractivity contribution in [1.29, 1.82) is 0 Å². The first-order chi connectivity index (χ1) is 60.9. The molecule has 16 aromatic heterocycles. The number of aryl methyl sites for hydroxylation is 10. The van der Waals surface area contributed by atoms with Crippen molar-refractivity contribution in [2.24, 2.45) is 0 Å². The number of hydrogen-bond donors (Lipinski definition) is 0. The van der Waals surface area contributed by atoms with E-state index in [1.54, 1.807) is 102 Å². The zero-order chi connectivity index (χ0) is 91.7. The van der Waals surface area contributed by atoms with Crippen molar-refractivity contribution in [1.82, 2.24) is 39.9 Å². The molecule has 40 heteroatoms. The standard InChI is InChI=1S/C12H2F9NS2.C12H12N2OS.C12H11NS2.C11H6F3NS2.2C11H9NS2.C10H4F3NS2.C10H7NS2/c13-10(14,15)4-2-5-7(22-9(23-5)12(19,20)21)3-1-6(11(16,17)18)24-8(3)4;1-7-6-8-10(16-7)5-4-9-11(8)13-12(15-9)14(2)3;1-6-4-10-11(13-8(3)15-10)9-5-7(2)14-12(6)9;1-5-4-7-8(6-2-3-16-9(5)6)15-10(17-7)11(12,13)14;1-6-5-8-9(13-6)3-4-10-11(8)12-7(2)14-10;1-6-5-9-10(12-7(2)14-9)8-3-4-13-11(6)8;11-10(12,13)6-3-7-8(14-4-16-7)5-1-2-15-9(5)6;1-6-11-10-7-4-5-12-8(7)2-3-9(10)13-6/h1-2H;4-6H,1-3H3;4-5H,1-3H3;2-4H,1H3;2*3-5H,1-2H3;1-4H;2-5H,1H3. The Balaban J connectivity index is 0.000000104. The van der Waals surface area contributed by atoms with Crippen LogP contribution in [0.25, 0.3) is 163 Å². The van der Waals surface area contributed by atoms with E-state index in [-0.39, 0.29) is 27.4 Å². The number of oxazole rings is 1. The van der Waals surface area contributed by atoms with Gasteiger partial charge >= 0.3 is 30.9 Å². The summed E-state index contributed by atoms with van der Waals surface area (Å²) in [7, 11) is 3.86. The number of alkyl halides is 15. The molecule has 0 radical (unpaired) electrons. The lowest BCUT2D eigenvalue weighted by atomic mass is 10.1. The molecule has 24 rings (SSSR count). The molecule has 0 atom stereocenters. The SMILES string of the molecule is Cc1cc2c(ccc3oc(N(C)C)nc32)s1.Cc1cc2c(ccc3sc(C)nc32)s1.Cc1cc2c(s1)c(C)cc1sc(C)nc12.Cc1cc2sc(C(F)(F)F)nc2c2ccsc12.Cc1nc2c(cc(C)c3sccc32)s1.Cc1nc2c(ccc3sccc32)s1.FC(F)(F)c1cc2c(s1)c(C(F)(F)F)cc1sc(C(F)(F)F)nc12.FC(F)(F)c1cc2scnc2c2ccsc12. The van der Waals surface area contributed by atoms with Crippen LogP contribution in [-0.2, 0) is 30.9 Å². The lowest BCUT2D eigenvalue weighted by molar-refractivity contribution is -0.138. The summed E-state index contributed by atoms with van der Waals surface area (Å²) in [6, 6.07) is 36.3. The van der Waals surface area contributed by atoms with Gasteiger partial charge in [-0.2, -0.15) is 70.8 Å². The summed E-state index contributed by atoms with van der Waals surface area (Å²) in [6.45, 7) is 21.0. The van der Waals surface area contributed by atoms with E-state index in [4.69, 9.17) is 4.42 Å². The van der Waals surface area contributed by atoms with E-state index in [0.29, 0.717) is 55.3 Å². The molecule has 0 aliphatic carbocycles. The Morgan fingerprint density at radius 3 is 1.19 bits per heavy atom. The number of halogens is 15. The molecule has 0 unspecified atom stereocenters. The van der Waals surface area contributed by atoms with Crippen molar-refractivity contribution in [2.75, 3.05) is 19.0 Å². The minimum Gasteiger partial charge on any atom is -0.423 e. The number of hydrogen-bond acceptors (Lipinski definition) is 25. The van der Waals surface area contributed by atoms with E-state index >= 15 is 0 Å². The Morgan fingerprint density at radius 1 is 0.271 bits per heavy atom. The second-order valence-corrected chi connectivity index (χ2v) is 45.9. The van der Waals surface area contributed by atoms with Crippen LogP contribution in [0.5, 0.6) is 0 Å². The molecule has 0 bridgehead atoms. The fourth-order valence-corrected chi connectivity index (χ4v) is 27.9. The highest BCUT2D eigenvalue weighted by Gasteiger charge is 2.42. The molecular weight excluding hydrogens is 1980 g/mol. The van der Waals surface area contributed by atoms with Gasteiger partial charge in [0.25, 0.3) is 6.01 Å². The van der Waals surface area contributed by atoms with Gasteiger partial charge in [0, 0.05) is 109 Å². The molecule has 662 valence electrons. The van der Waals surface area contributed by atoms with Crippen LogP contribution in [0.1, 0.15) is 77.4 Å². The molecule has 16 heterocycles. The van der Waals surface area contributed by atoms with Gasteiger partial charge in [-0.3, -0.25) is 0 Å². The number of thiophene rings is 8. The second kappa shape index (κ2) is 35.5. The molecule has 0 spiro atoms. The second-order valence-electron chi connectivity index (χ2n) is 29.4. The monoisotopic (exact) mass is 2040 g/mol. The van der Waals surface area contributed by atoms with Crippen LogP contribution in [0.3, 0.4) is 0 Å². The first kappa shape index (κ1) is 91.8. The summed E-state index contributed by atoms with van der Waals surface area (Å²) in [6.07, 6.45) is -23.5. The lowest BCUT2D eigenvalue weighted by Crippen LogP contribution is -2.08. The van der Waals surface area contributed by atoms with E-state index in [1.807, 2.05) is 66.1 Å². The smallest absolute Gasteiger partial charge is 0.423 e. The number of nitrogens with zero attached hydrogens (tertiary/aromatic N) is 9. The highest BCUT2D eigenvalue weighted by molar-refractivity contribution is 7.24. The van der Waals surface area contributed by atoms with Gasteiger partial charge in [0.15, 0.2) is 15.6 Å². The Hall–Kier alpha value is -9.11. The van der Waals surface area contributed by atoms with Gasteiger partial charge in [0.2, 0.25) is 0 Å². The number of aromatic nitrogens is 8. The molecule has 0 N–H and O–H groups in total. The zero-order valence-corrected chi connectivity index (χ0v) is 80.8. The topological polar surface area (TPSA) is 120 Å². The van der Waals surface area contributed by atoms with Gasteiger partial charge in [0.05, 0.1) is 108 Å². The summed E-state index contributed by atoms with van der Waals surface area (Å²) in [5, 5.41) is 17.5. The van der Waals surface area contributed by atoms with Gasteiger partial charge in [-0.25, -0.2) is 34.9 Å². The first-order valence-corrected chi connectivity index (χ1v) is 50.7. The van der Waals surface area contributed by atoms with Crippen LogP contribution in [0.15, 0.2) is 147 Å². The Bertz CT molecular complexity index is 8290. The molecule has 0 fully saturated rings. The van der Waals surface area contributed by atoms with Crippen molar-refractivity contribution >= 4 is 339 Å². The Morgan fingerprint density at radius 2 is 0.659 bits per heavy atom. The molecule has 0 aliphatic rings. The minimum atomic E-state index is -5.01. The summed E-state index contributed by atoms with van der Waals surface area (Å²) < 4.78 is 211. The van der Waals surface area contributed by atoms with Crippen molar-refractivity contribution in [3.05, 3.63) is 220 Å². The highest BCUT2D eigenvalue weighted by Crippen LogP contribution is 2.51. The summed E-state index contributed by atoms with van der Waals surface area (Å²) in [4.78, 5) is 38.4. The van der Waals surface area contributed by atoms with E-state index in [1.165, 1.54) is 146 Å². The van der Waals surface area contributed by atoms with E-state index < -0.39 is 77.2 Å². The molecule has 0 saturated carbocycles.